The van der Waals surface area contributed by atoms with Crippen LogP contribution in [0.4, 0.5) is 0 Å². The van der Waals surface area contributed by atoms with E-state index < -0.39 is 22.8 Å². The third-order valence-corrected chi connectivity index (χ3v) is 8.03. The van der Waals surface area contributed by atoms with Crippen molar-refractivity contribution in [2.75, 3.05) is 11.5 Å². The van der Waals surface area contributed by atoms with Crippen LogP contribution in [0.5, 0.6) is 0 Å². The van der Waals surface area contributed by atoms with E-state index in [0.29, 0.717) is 6.42 Å². The average molecular weight is 443 g/mol. The quantitative estimate of drug-likeness (QED) is 0.332. The van der Waals surface area contributed by atoms with Gasteiger partial charge in [-0.2, -0.15) is 0 Å². The molecule has 0 aliphatic heterocycles. The predicted octanol–water partition coefficient (Wildman–Crippen LogP) is 5.31. The number of carbonyl (C=O) groups is 2. The van der Waals surface area contributed by atoms with Crippen molar-refractivity contribution in [1.82, 2.24) is 10.2 Å². The van der Waals surface area contributed by atoms with Crippen LogP contribution >= 0.6 is 23.5 Å². The van der Waals surface area contributed by atoms with E-state index in [1.807, 2.05) is 20.8 Å². The van der Waals surface area contributed by atoms with Crippen molar-refractivity contribution < 1.29 is 19.8 Å². The van der Waals surface area contributed by atoms with Crippen LogP contribution in [0.2, 0.25) is 0 Å². The number of aliphatic carboxylic acids is 2. The molecule has 1 rings (SSSR count). The first-order valence-corrected chi connectivity index (χ1v) is 11.8. The fourth-order valence-electron chi connectivity index (χ4n) is 2.53. The summed E-state index contributed by atoms with van der Waals surface area (Å²) < 4.78 is 0. The summed E-state index contributed by atoms with van der Waals surface area (Å²) in [4.78, 5) is 22.5. The topological polar surface area (TPSA) is 100 Å². The van der Waals surface area contributed by atoms with E-state index in [0.717, 1.165) is 45.5 Å². The van der Waals surface area contributed by atoms with Crippen LogP contribution in [0, 0.1) is 30.6 Å². The van der Waals surface area contributed by atoms with Crippen LogP contribution in [0.15, 0.2) is 10.1 Å². The van der Waals surface area contributed by atoms with Gasteiger partial charge in [0, 0.05) is 0 Å². The summed E-state index contributed by atoms with van der Waals surface area (Å²) in [6.07, 6.45) is 2.22. The Morgan fingerprint density at radius 1 is 0.931 bits per heavy atom. The van der Waals surface area contributed by atoms with Gasteiger partial charge in [-0.3, -0.25) is 9.59 Å². The third kappa shape index (κ3) is 7.17. The van der Waals surface area contributed by atoms with Crippen molar-refractivity contribution in [3.8, 4) is 0 Å². The minimum Gasteiger partial charge on any atom is -0.481 e. The smallest absolute Gasteiger partial charge is 0.309 e. The monoisotopic (exact) mass is 442 g/mol. The molecule has 0 aliphatic rings. The minimum atomic E-state index is -0.769. The maximum absolute atomic E-state index is 11.4. The molecule has 1 unspecified atom stereocenters. The number of carboxylic acid groups (broad SMARTS) is 2. The van der Waals surface area contributed by atoms with Gasteiger partial charge in [0.15, 0.2) is 0 Å². The van der Waals surface area contributed by atoms with Gasteiger partial charge in [-0.1, -0.05) is 6.92 Å². The first-order valence-electron chi connectivity index (χ1n) is 9.87. The van der Waals surface area contributed by atoms with Gasteiger partial charge in [-0.25, -0.2) is 0 Å². The van der Waals surface area contributed by atoms with E-state index in [1.54, 1.807) is 51.2 Å². The maximum Gasteiger partial charge on any atom is 0.309 e. The van der Waals surface area contributed by atoms with Gasteiger partial charge >= 0.3 is 11.9 Å². The Balaban J connectivity index is 2.60. The van der Waals surface area contributed by atoms with Crippen LogP contribution in [0.25, 0.3) is 0 Å². The van der Waals surface area contributed by atoms with Gasteiger partial charge < -0.3 is 10.2 Å². The Bertz CT molecular complexity index is 736. The Morgan fingerprint density at radius 2 is 1.41 bits per heavy atom. The number of thioether (sulfide) groups is 2. The van der Waals surface area contributed by atoms with Crippen LogP contribution in [0.3, 0.4) is 0 Å². The second-order valence-electron chi connectivity index (χ2n) is 8.77. The number of nitrogens with zero attached hydrogens (tertiary/aromatic N) is 2. The molecule has 0 fully saturated rings. The SMILES string of the molecule is Cc1c(SCCCC(C)(C)C(=O)O)nnc(SCCC(C)C(C)(C)C(=O)O)c1C. The number of rotatable bonds is 12. The molecule has 0 aromatic carbocycles. The number of carboxylic acids is 2. The first-order chi connectivity index (χ1) is 13.3. The molecule has 0 bridgehead atoms. The third-order valence-electron chi connectivity index (χ3n) is 5.77. The lowest BCUT2D eigenvalue weighted by Gasteiger charge is -2.27. The van der Waals surface area contributed by atoms with Crippen LogP contribution < -0.4 is 0 Å². The summed E-state index contributed by atoms with van der Waals surface area (Å²) in [5.74, 6) is 0.127. The van der Waals surface area contributed by atoms with Gasteiger partial charge in [-0.05, 0) is 89.4 Å². The second-order valence-corrected chi connectivity index (χ2v) is 10.9. The molecule has 0 aliphatic carbocycles. The normalized spacial score (nSPS) is 13.3. The highest BCUT2D eigenvalue weighted by Crippen LogP contribution is 2.33. The second kappa shape index (κ2) is 10.7. The average Bonchev–Trinajstić information content (AvgIpc) is 2.63. The molecule has 1 aromatic rings. The molecule has 0 saturated heterocycles. The van der Waals surface area contributed by atoms with E-state index in [2.05, 4.69) is 10.2 Å². The Morgan fingerprint density at radius 3 is 1.86 bits per heavy atom. The Labute approximate surface area is 182 Å². The van der Waals surface area contributed by atoms with Gasteiger partial charge in [0.25, 0.3) is 0 Å². The lowest BCUT2D eigenvalue weighted by Crippen LogP contribution is -2.31. The molecule has 2 N–H and O–H groups in total. The van der Waals surface area contributed by atoms with Gasteiger partial charge in [0.05, 0.1) is 10.8 Å². The molecule has 0 amide bonds. The highest BCUT2D eigenvalue weighted by molar-refractivity contribution is 7.99. The summed E-state index contributed by atoms with van der Waals surface area (Å²) >= 11 is 3.24. The molecule has 1 heterocycles. The van der Waals surface area contributed by atoms with E-state index in [9.17, 15) is 19.8 Å². The highest BCUT2D eigenvalue weighted by Gasteiger charge is 2.33. The summed E-state index contributed by atoms with van der Waals surface area (Å²) in [5, 5.41) is 29.0. The molecule has 29 heavy (non-hydrogen) atoms. The summed E-state index contributed by atoms with van der Waals surface area (Å²) in [5.41, 5.74) is 0.754. The van der Waals surface area contributed by atoms with E-state index in [-0.39, 0.29) is 5.92 Å². The molecule has 1 atom stereocenters. The number of hydrogen-bond acceptors (Lipinski definition) is 6. The van der Waals surface area contributed by atoms with Crippen LogP contribution in [-0.4, -0.2) is 43.9 Å². The summed E-state index contributed by atoms with van der Waals surface area (Å²) in [6.45, 7) is 13.1. The van der Waals surface area contributed by atoms with Crippen molar-refractivity contribution in [1.29, 1.82) is 0 Å². The van der Waals surface area contributed by atoms with Gasteiger partial charge in [0.1, 0.15) is 10.1 Å². The maximum atomic E-state index is 11.4. The van der Waals surface area contributed by atoms with Crippen LogP contribution in [-0.2, 0) is 9.59 Å². The molecule has 0 saturated carbocycles. The fraction of sp³-hybridized carbons (Fsp3) is 0.714. The zero-order chi connectivity index (χ0) is 22.4. The molecular weight excluding hydrogens is 408 g/mol. The van der Waals surface area contributed by atoms with Crippen molar-refractivity contribution in [2.24, 2.45) is 16.7 Å². The van der Waals surface area contributed by atoms with Crippen molar-refractivity contribution in [3.05, 3.63) is 11.1 Å². The molecule has 0 radical (unpaired) electrons. The molecule has 6 nitrogen and oxygen atoms in total. The van der Waals surface area contributed by atoms with E-state index in [1.165, 1.54) is 0 Å². The lowest BCUT2D eigenvalue weighted by molar-refractivity contribution is -0.150. The number of hydrogen-bond donors (Lipinski definition) is 2. The molecule has 8 heteroatoms. The Hall–Kier alpha value is -1.28. The molecule has 1 aromatic heterocycles. The number of aromatic nitrogens is 2. The molecule has 0 spiro atoms. The highest BCUT2D eigenvalue weighted by atomic mass is 32.2. The van der Waals surface area contributed by atoms with Gasteiger partial charge in [0.2, 0.25) is 0 Å². The first kappa shape index (κ1) is 25.8. The molecule has 164 valence electrons. The zero-order valence-corrected chi connectivity index (χ0v) is 20.2. The summed E-state index contributed by atoms with van der Waals surface area (Å²) in [6, 6.07) is 0. The predicted molar refractivity (Wildman–Crippen MR) is 119 cm³/mol. The van der Waals surface area contributed by atoms with Crippen molar-refractivity contribution in [2.45, 2.75) is 77.8 Å². The standard InChI is InChI=1S/C21H34N2O4S2/c1-13(21(6,7)19(26)27)9-12-29-17-15(3)14(2)16(22-23-17)28-11-8-10-20(4,5)18(24)25/h13H,8-12H2,1-7H3,(H,24,25)(H,26,27). The van der Waals surface area contributed by atoms with E-state index >= 15 is 0 Å². The minimum absolute atomic E-state index is 0.0618. The largest absolute Gasteiger partial charge is 0.481 e. The van der Waals surface area contributed by atoms with E-state index in [4.69, 9.17) is 0 Å². The molecular formula is C21H34N2O4S2. The lowest BCUT2D eigenvalue weighted by atomic mass is 9.79. The summed E-state index contributed by atoms with van der Waals surface area (Å²) in [7, 11) is 0. The van der Waals surface area contributed by atoms with Crippen LogP contribution in [0.1, 0.15) is 65.0 Å². The van der Waals surface area contributed by atoms with Crippen molar-refractivity contribution in [3.63, 3.8) is 0 Å². The van der Waals surface area contributed by atoms with Crippen molar-refractivity contribution >= 4 is 35.5 Å². The zero-order valence-electron chi connectivity index (χ0n) is 18.5. The van der Waals surface area contributed by atoms with Gasteiger partial charge in [-0.15, -0.1) is 33.7 Å². The fourth-order valence-corrected chi connectivity index (χ4v) is 4.61. The Kier molecular flexibility index (Phi) is 9.47.